The molecular formula is C4H3BF3N2O2. The first-order chi connectivity index (χ1) is 5.54. The van der Waals surface area contributed by atoms with E-state index in [9.17, 15) is 13.2 Å². The maximum Gasteiger partial charge on any atom is 0.570 e. The van der Waals surface area contributed by atoms with E-state index in [-0.39, 0.29) is 13.6 Å². The molecule has 1 heterocycles. The molecule has 0 aliphatic heterocycles. The summed E-state index contributed by atoms with van der Waals surface area (Å²) in [6.45, 7) is 0. The van der Waals surface area contributed by atoms with Crippen molar-refractivity contribution < 1.29 is 22.8 Å². The zero-order chi connectivity index (χ0) is 9.19. The van der Waals surface area contributed by atoms with Crippen LogP contribution in [0.4, 0.5) is 13.2 Å². The molecule has 1 aromatic heterocycles. The Labute approximate surface area is 65.7 Å². The van der Waals surface area contributed by atoms with E-state index in [1.54, 1.807) is 5.10 Å². The van der Waals surface area contributed by atoms with Gasteiger partial charge in [-0.2, -0.15) is 13.2 Å². The fraction of sp³-hybridized carbons (Fsp3) is 0.250. The van der Waals surface area contributed by atoms with Gasteiger partial charge in [0.2, 0.25) is 5.88 Å². The van der Waals surface area contributed by atoms with Crippen LogP contribution in [0.15, 0.2) is 6.07 Å². The third-order valence-electron chi connectivity index (χ3n) is 1.03. The standard InChI is InChI=1S/C4H3BF3N2O2/c6-4(7,8)2-1-3(10-9-2)12-5-11/h1,11H,(H,9,10). The van der Waals surface area contributed by atoms with Crippen LogP contribution in [-0.2, 0) is 6.18 Å². The average molecular weight is 179 g/mol. The molecule has 8 heteroatoms. The van der Waals surface area contributed by atoms with E-state index in [0.717, 1.165) is 0 Å². The second kappa shape index (κ2) is 3.06. The van der Waals surface area contributed by atoms with Crippen LogP contribution in [0, 0.1) is 0 Å². The summed E-state index contributed by atoms with van der Waals surface area (Å²) in [5.41, 5.74) is -1.03. The van der Waals surface area contributed by atoms with Crippen LogP contribution < -0.4 is 4.65 Å². The van der Waals surface area contributed by atoms with E-state index in [0.29, 0.717) is 6.07 Å². The van der Waals surface area contributed by atoms with Gasteiger partial charge in [0, 0.05) is 6.07 Å². The summed E-state index contributed by atoms with van der Waals surface area (Å²) in [6.07, 6.45) is -4.48. The normalized spacial score (nSPS) is 11.3. The molecule has 0 fully saturated rings. The lowest BCUT2D eigenvalue weighted by molar-refractivity contribution is -0.141. The van der Waals surface area contributed by atoms with Crippen LogP contribution >= 0.6 is 0 Å². The van der Waals surface area contributed by atoms with Crippen molar-refractivity contribution in [1.29, 1.82) is 0 Å². The highest BCUT2D eigenvalue weighted by Gasteiger charge is 2.33. The van der Waals surface area contributed by atoms with Gasteiger partial charge in [-0.05, 0) is 0 Å². The van der Waals surface area contributed by atoms with Gasteiger partial charge in [0.1, 0.15) is 5.69 Å². The number of hydrogen-bond acceptors (Lipinski definition) is 3. The lowest BCUT2D eigenvalue weighted by atomic mass is 10.4. The van der Waals surface area contributed by atoms with E-state index < -0.39 is 11.9 Å². The van der Waals surface area contributed by atoms with Crippen molar-refractivity contribution in [2.24, 2.45) is 0 Å². The van der Waals surface area contributed by atoms with Gasteiger partial charge in [-0.25, -0.2) is 0 Å². The first-order valence-corrected chi connectivity index (χ1v) is 2.79. The van der Waals surface area contributed by atoms with Gasteiger partial charge in [0.25, 0.3) is 0 Å². The van der Waals surface area contributed by atoms with E-state index in [4.69, 9.17) is 5.02 Å². The highest BCUT2D eigenvalue weighted by Crippen LogP contribution is 2.28. The largest absolute Gasteiger partial charge is 0.570 e. The minimum absolute atomic E-state index is 0.246. The summed E-state index contributed by atoms with van der Waals surface area (Å²) in [5.74, 6) is -0.343. The SMILES string of the molecule is O[B]Oc1cc(C(F)(F)F)[nH]n1. The average Bonchev–Trinajstić information content (AvgIpc) is 2.35. The first kappa shape index (κ1) is 8.92. The van der Waals surface area contributed by atoms with Gasteiger partial charge in [-0.15, -0.1) is 5.10 Å². The summed E-state index contributed by atoms with van der Waals surface area (Å²) >= 11 is 0. The van der Waals surface area contributed by atoms with Crippen molar-refractivity contribution in [3.63, 3.8) is 0 Å². The Hall–Kier alpha value is -1.18. The Morgan fingerprint density at radius 3 is 2.67 bits per heavy atom. The molecule has 0 spiro atoms. The molecular weight excluding hydrogens is 176 g/mol. The predicted octanol–water partition coefficient (Wildman–Crippen LogP) is 0.334. The minimum atomic E-state index is -4.48. The van der Waals surface area contributed by atoms with Crippen LogP contribution in [0.2, 0.25) is 0 Å². The van der Waals surface area contributed by atoms with E-state index in [1.165, 1.54) is 0 Å². The second-order valence-corrected chi connectivity index (χ2v) is 1.84. The van der Waals surface area contributed by atoms with Crippen LogP contribution in [0.1, 0.15) is 5.69 Å². The van der Waals surface area contributed by atoms with E-state index in [2.05, 4.69) is 9.75 Å². The highest BCUT2D eigenvalue weighted by atomic mass is 19.4. The Bertz CT molecular complexity index is 261. The number of hydrogen-bond donors (Lipinski definition) is 2. The van der Waals surface area contributed by atoms with Crippen molar-refractivity contribution in [2.45, 2.75) is 6.18 Å². The quantitative estimate of drug-likeness (QED) is 0.643. The Balaban J connectivity index is 2.77. The first-order valence-electron chi connectivity index (χ1n) is 2.79. The van der Waals surface area contributed by atoms with Gasteiger partial charge in [-0.1, -0.05) is 0 Å². The Morgan fingerprint density at radius 1 is 1.58 bits per heavy atom. The molecule has 0 saturated carbocycles. The monoisotopic (exact) mass is 179 g/mol. The van der Waals surface area contributed by atoms with Gasteiger partial charge in [0.15, 0.2) is 0 Å². The van der Waals surface area contributed by atoms with Crippen molar-refractivity contribution in [2.75, 3.05) is 0 Å². The number of rotatable bonds is 2. The molecule has 0 amide bonds. The molecule has 0 aliphatic rings. The third kappa shape index (κ3) is 1.91. The zero-order valence-corrected chi connectivity index (χ0v) is 5.59. The number of aromatic amines is 1. The molecule has 65 valence electrons. The van der Waals surface area contributed by atoms with Crippen LogP contribution in [-0.4, -0.2) is 22.9 Å². The number of aromatic nitrogens is 2. The molecule has 0 aliphatic carbocycles. The predicted molar refractivity (Wildman–Crippen MR) is 32.2 cm³/mol. The maximum absolute atomic E-state index is 11.8. The van der Waals surface area contributed by atoms with Crippen LogP contribution in [0.25, 0.3) is 0 Å². The van der Waals surface area contributed by atoms with Crippen LogP contribution in [0.5, 0.6) is 5.88 Å². The van der Waals surface area contributed by atoms with Crippen molar-refractivity contribution in [3.8, 4) is 5.88 Å². The zero-order valence-electron chi connectivity index (χ0n) is 5.59. The molecule has 4 nitrogen and oxygen atoms in total. The lowest BCUT2D eigenvalue weighted by Gasteiger charge is -1.99. The topological polar surface area (TPSA) is 58.1 Å². The highest BCUT2D eigenvalue weighted by molar-refractivity contribution is 6.17. The van der Waals surface area contributed by atoms with E-state index >= 15 is 0 Å². The van der Waals surface area contributed by atoms with Crippen molar-refractivity contribution in [3.05, 3.63) is 11.8 Å². The maximum atomic E-state index is 11.8. The van der Waals surface area contributed by atoms with Crippen molar-refractivity contribution in [1.82, 2.24) is 10.2 Å². The lowest BCUT2D eigenvalue weighted by Crippen LogP contribution is -2.04. The summed E-state index contributed by atoms with van der Waals surface area (Å²) < 4.78 is 39.7. The molecule has 12 heavy (non-hydrogen) atoms. The molecule has 0 unspecified atom stereocenters. The molecule has 0 saturated heterocycles. The molecule has 0 atom stereocenters. The van der Waals surface area contributed by atoms with Gasteiger partial charge in [0.05, 0.1) is 0 Å². The van der Waals surface area contributed by atoms with Crippen LogP contribution in [0.3, 0.4) is 0 Å². The van der Waals surface area contributed by atoms with Gasteiger partial charge < -0.3 is 9.68 Å². The molecule has 2 N–H and O–H groups in total. The summed E-state index contributed by atoms with van der Waals surface area (Å²) in [5, 5.41) is 12.9. The minimum Gasteiger partial charge on any atom is -0.522 e. The van der Waals surface area contributed by atoms with Crippen molar-refractivity contribution >= 4 is 7.69 Å². The number of halogens is 3. The summed E-state index contributed by atoms with van der Waals surface area (Å²) in [7, 11) is 0.246. The number of alkyl halides is 3. The number of nitrogens with one attached hydrogen (secondary N) is 1. The molecule has 1 radical (unpaired) electrons. The fourth-order valence-electron chi connectivity index (χ4n) is 0.563. The molecule has 1 aromatic rings. The Morgan fingerprint density at radius 2 is 2.25 bits per heavy atom. The molecule has 0 aromatic carbocycles. The smallest absolute Gasteiger partial charge is 0.522 e. The summed E-state index contributed by atoms with van der Waals surface area (Å²) in [4.78, 5) is 0. The van der Waals surface area contributed by atoms with Gasteiger partial charge >= 0.3 is 13.9 Å². The Kier molecular flexibility index (Phi) is 2.27. The van der Waals surface area contributed by atoms with Gasteiger partial charge in [-0.3, -0.25) is 5.10 Å². The second-order valence-electron chi connectivity index (χ2n) is 1.84. The third-order valence-corrected chi connectivity index (χ3v) is 1.03. The molecule has 0 bridgehead atoms. The fourth-order valence-corrected chi connectivity index (χ4v) is 0.563. The van der Waals surface area contributed by atoms with E-state index in [1.807, 2.05) is 0 Å². The molecule has 1 rings (SSSR count). The number of nitrogens with zero attached hydrogens (tertiary/aromatic N) is 1. The number of H-pyrrole nitrogens is 1. The summed E-state index contributed by atoms with van der Waals surface area (Å²) in [6, 6.07) is 0.632.